The summed E-state index contributed by atoms with van der Waals surface area (Å²) in [4.78, 5) is 9.16. The van der Waals surface area contributed by atoms with Crippen LogP contribution in [0, 0.1) is 0 Å². The highest BCUT2D eigenvalue weighted by Crippen LogP contribution is 2.21. The van der Waals surface area contributed by atoms with E-state index >= 15 is 0 Å². The first-order valence-electron chi connectivity index (χ1n) is 6.91. The largest absolute Gasteiger partial charge is 0.378 e. The summed E-state index contributed by atoms with van der Waals surface area (Å²) in [6.07, 6.45) is 7.02. The number of anilines is 1. The molecule has 1 atom stereocenters. The highest BCUT2D eigenvalue weighted by Gasteiger charge is 2.18. The number of nitrogens with zero attached hydrogens (tertiary/aromatic N) is 4. The van der Waals surface area contributed by atoms with Crippen LogP contribution in [0.3, 0.4) is 0 Å². The topological polar surface area (TPSA) is 64.9 Å². The molecule has 6 nitrogen and oxygen atoms in total. The fourth-order valence-corrected chi connectivity index (χ4v) is 2.43. The van der Waals surface area contributed by atoms with Gasteiger partial charge in [0.2, 0.25) is 0 Å². The molecule has 1 aliphatic rings. The molecule has 0 radical (unpaired) electrons. The van der Waals surface area contributed by atoms with Crippen LogP contribution in [0.4, 0.5) is 5.82 Å². The predicted molar refractivity (Wildman–Crippen MR) is 76.5 cm³/mol. The van der Waals surface area contributed by atoms with Gasteiger partial charge in [0.15, 0.2) is 0 Å². The number of hydrogen-bond acceptors (Lipinski definition) is 5. The lowest BCUT2D eigenvalue weighted by molar-refractivity contribution is 0.110. The van der Waals surface area contributed by atoms with Gasteiger partial charge in [0.25, 0.3) is 0 Å². The molecule has 106 valence electrons. The predicted octanol–water partition coefficient (Wildman–Crippen LogP) is 1.64. The number of ether oxygens (including phenoxy) is 1. The lowest BCUT2D eigenvalue weighted by Gasteiger charge is -2.10. The van der Waals surface area contributed by atoms with Crippen LogP contribution in [0.2, 0.25) is 0 Å². The summed E-state index contributed by atoms with van der Waals surface area (Å²) < 4.78 is 7.44. The van der Waals surface area contributed by atoms with Crippen LogP contribution < -0.4 is 5.32 Å². The summed E-state index contributed by atoms with van der Waals surface area (Å²) in [5.41, 5.74) is 1.89. The standard InChI is InChI=1S/C14H19N5O/c1-15-13-7-12(10-8-16-19(2)9-10)17-14(18-13)6-11-4-3-5-20-11/h7-9,11H,3-6H2,1-2H3,(H,15,17,18). The van der Waals surface area contributed by atoms with Gasteiger partial charge in [-0.25, -0.2) is 9.97 Å². The van der Waals surface area contributed by atoms with E-state index in [9.17, 15) is 0 Å². The minimum atomic E-state index is 0.254. The normalized spacial score (nSPS) is 18.4. The van der Waals surface area contributed by atoms with Crippen LogP contribution in [-0.2, 0) is 18.2 Å². The molecular weight excluding hydrogens is 254 g/mol. The Balaban J connectivity index is 1.89. The van der Waals surface area contributed by atoms with Gasteiger partial charge in [0.1, 0.15) is 11.6 Å². The third-order valence-corrected chi connectivity index (χ3v) is 3.46. The van der Waals surface area contributed by atoms with Crippen LogP contribution in [0.5, 0.6) is 0 Å². The average Bonchev–Trinajstić information content (AvgIpc) is 3.10. The maximum Gasteiger partial charge on any atom is 0.134 e. The Morgan fingerprint density at radius 1 is 1.45 bits per heavy atom. The third kappa shape index (κ3) is 2.80. The molecule has 2 aromatic heterocycles. The fraction of sp³-hybridized carbons (Fsp3) is 0.500. The number of aromatic nitrogens is 4. The number of aryl methyl sites for hydroxylation is 1. The molecule has 1 fully saturated rings. The molecule has 2 aromatic rings. The van der Waals surface area contributed by atoms with E-state index in [2.05, 4.69) is 20.4 Å². The van der Waals surface area contributed by atoms with E-state index in [0.29, 0.717) is 0 Å². The Bertz CT molecular complexity index is 589. The summed E-state index contributed by atoms with van der Waals surface area (Å²) in [5, 5.41) is 7.28. The van der Waals surface area contributed by atoms with Gasteiger partial charge in [-0.2, -0.15) is 5.10 Å². The molecular formula is C14H19N5O. The minimum absolute atomic E-state index is 0.254. The SMILES string of the molecule is CNc1cc(-c2cnn(C)c2)nc(CC2CCCO2)n1. The highest BCUT2D eigenvalue weighted by atomic mass is 16.5. The minimum Gasteiger partial charge on any atom is -0.378 e. The summed E-state index contributed by atoms with van der Waals surface area (Å²) in [6.45, 7) is 0.853. The number of nitrogens with one attached hydrogen (secondary N) is 1. The Morgan fingerprint density at radius 2 is 2.35 bits per heavy atom. The Hall–Kier alpha value is -1.95. The molecule has 0 spiro atoms. The van der Waals surface area contributed by atoms with E-state index < -0.39 is 0 Å². The van der Waals surface area contributed by atoms with E-state index in [1.165, 1.54) is 0 Å². The van der Waals surface area contributed by atoms with Crippen molar-refractivity contribution in [1.29, 1.82) is 0 Å². The maximum atomic E-state index is 5.66. The zero-order chi connectivity index (χ0) is 13.9. The Labute approximate surface area is 118 Å². The van der Waals surface area contributed by atoms with Gasteiger partial charge in [0, 0.05) is 44.9 Å². The van der Waals surface area contributed by atoms with Crippen molar-refractivity contribution in [2.45, 2.75) is 25.4 Å². The molecule has 6 heteroatoms. The van der Waals surface area contributed by atoms with Gasteiger partial charge >= 0.3 is 0 Å². The van der Waals surface area contributed by atoms with Crippen LogP contribution in [-0.4, -0.2) is 39.5 Å². The first-order valence-corrected chi connectivity index (χ1v) is 6.91. The lowest BCUT2D eigenvalue weighted by Crippen LogP contribution is -2.12. The van der Waals surface area contributed by atoms with Gasteiger partial charge in [-0.1, -0.05) is 0 Å². The molecule has 1 aliphatic heterocycles. The van der Waals surface area contributed by atoms with Crippen molar-refractivity contribution in [1.82, 2.24) is 19.7 Å². The molecule has 0 aromatic carbocycles. The van der Waals surface area contributed by atoms with Crippen molar-refractivity contribution in [3.8, 4) is 11.3 Å². The average molecular weight is 273 g/mol. The van der Waals surface area contributed by atoms with Crippen LogP contribution in [0.15, 0.2) is 18.5 Å². The molecule has 1 N–H and O–H groups in total. The molecule has 3 rings (SSSR count). The van der Waals surface area contributed by atoms with E-state index in [-0.39, 0.29) is 6.10 Å². The summed E-state index contributed by atoms with van der Waals surface area (Å²) in [7, 11) is 3.77. The first-order chi connectivity index (χ1) is 9.74. The van der Waals surface area contributed by atoms with Crippen LogP contribution in [0.25, 0.3) is 11.3 Å². The van der Waals surface area contributed by atoms with Crippen molar-refractivity contribution in [3.05, 3.63) is 24.3 Å². The molecule has 0 aliphatic carbocycles. The van der Waals surface area contributed by atoms with Crippen LogP contribution >= 0.6 is 0 Å². The number of hydrogen-bond donors (Lipinski definition) is 1. The Morgan fingerprint density at radius 3 is 3.00 bits per heavy atom. The van der Waals surface area contributed by atoms with E-state index in [4.69, 9.17) is 4.74 Å². The first kappa shape index (κ1) is 13.1. The summed E-state index contributed by atoms with van der Waals surface area (Å²) >= 11 is 0. The highest BCUT2D eigenvalue weighted by molar-refractivity contribution is 5.60. The summed E-state index contributed by atoms with van der Waals surface area (Å²) in [6, 6.07) is 1.94. The quantitative estimate of drug-likeness (QED) is 0.917. The zero-order valence-electron chi connectivity index (χ0n) is 11.8. The molecule has 20 heavy (non-hydrogen) atoms. The van der Waals surface area contributed by atoms with Gasteiger partial charge in [-0.15, -0.1) is 0 Å². The van der Waals surface area contributed by atoms with Crippen molar-refractivity contribution >= 4 is 5.82 Å². The smallest absolute Gasteiger partial charge is 0.134 e. The van der Waals surface area contributed by atoms with Crippen molar-refractivity contribution < 1.29 is 4.74 Å². The zero-order valence-corrected chi connectivity index (χ0v) is 11.8. The van der Waals surface area contributed by atoms with Crippen molar-refractivity contribution in [2.75, 3.05) is 19.0 Å². The van der Waals surface area contributed by atoms with E-state index in [1.54, 1.807) is 4.68 Å². The molecule has 3 heterocycles. The van der Waals surface area contributed by atoms with Crippen molar-refractivity contribution in [3.63, 3.8) is 0 Å². The van der Waals surface area contributed by atoms with E-state index in [1.807, 2.05) is 32.6 Å². The number of rotatable bonds is 4. The van der Waals surface area contributed by atoms with Gasteiger partial charge < -0.3 is 10.1 Å². The molecule has 1 unspecified atom stereocenters. The fourth-order valence-electron chi connectivity index (χ4n) is 2.43. The van der Waals surface area contributed by atoms with Crippen molar-refractivity contribution in [2.24, 2.45) is 7.05 Å². The molecule has 0 bridgehead atoms. The second kappa shape index (κ2) is 5.58. The van der Waals surface area contributed by atoms with E-state index in [0.717, 1.165) is 48.8 Å². The Kier molecular flexibility index (Phi) is 3.64. The van der Waals surface area contributed by atoms with Gasteiger partial charge in [-0.05, 0) is 12.8 Å². The van der Waals surface area contributed by atoms with Gasteiger partial charge in [-0.3, -0.25) is 4.68 Å². The second-order valence-corrected chi connectivity index (χ2v) is 5.05. The second-order valence-electron chi connectivity index (χ2n) is 5.05. The third-order valence-electron chi connectivity index (χ3n) is 3.46. The lowest BCUT2D eigenvalue weighted by atomic mass is 10.1. The summed E-state index contributed by atoms with van der Waals surface area (Å²) in [5.74, 6) is 1.65. The van der Waals surface area contributed by atoms with Crippen LogP contribution in [0.1, 0.15) is 18.7 Å². The monoisotopic (exact) mass is 273 g/mol. The van der Waals surface area contributed by atoms with Gasteiger partial charge in [0.05, 0.1) is 18.0 Å². The molecule has 0 saturated carbocycles. The molecule has 1 saturated heterocycles. The molecule has 0 amide bonds. The maximum absolute atomic E-state index is 5.66.